The van der Waals surface area contributed by atoms with E-state index in [1.54, 1.807) is 11.4 Å². The molecule has 23 heavy (non-hydrogen) atoms. The van der Waals surface area contributed by atoms with Crippen molar-refractivity contribution in [3.63, 3.8) is 0 Å². The minimum Gasteiger partial charge on any atom is -0.486 e. The molecule has 0 spiro atoms. The molecule has 6 nitrogen and oxygen atoms in total. The van der Waals surface area contributed by atoms with Crippen molar-refractivity contribution in [1.82, 2.24) is 8.61 Å². The van der Waals surface area contributed by atoms with Gasteiger partial charge in [-0.1, -0.05) is 18.9 Å². The van der Waals surface area contributed by atoms with E-state index in [9.17, 15) is 8.42 Å². The maximum absolute atomic E-state index is 12.7. The maximum Gasteiger partial charge on any atom is 0.282 e. The third kappa shape index (κ3) is 3.79. The van der Waals surface area contributed by atoms with Crippen molar-refractivity contribution in [2.75, 3.05) is 33.4 Å². The van der Waals surface area contributed by atoms with Crippen molar-refractivity contribution < 1.29 is 17.9 Å². The Kier molecular flexibility index (Phi) is 5.08. The van der Waals surface area contributed by atoms with Crippen molar-refractivity contribution in [2.24, 2.45) is 0 Å². The summed E-state index contributed by atoms with van der Waals surface area (Å²) < 4.78 is 39.5. The molecule has 2 aliphatic rings. The lowest BCUT2D eigenvalue weighted by molar-refractivity contribution is 0.171. The molecule has 1 saturated heterocycles. The molecule has 0 aromatic heterocycles. The zero-order valence-electron chi connectivity index (χ0n) is 13.5. The lowest BCUT2D eigenvalue weighted by atomic mass is 10.2. The van der Waals surface area contributed by atoms with Crippen molar-refractivity contribution in [2.45, 2.75) is 32.2 Å². The molecular weight excluding hydrogens is 316 g/mol. The number of ether oxygens (including phenoxy) is 2. The molecule has 7 heteroatoms. The van der Waals surface area contributed by atoms with Gasteiger partial charge in [0, 0.05) is 26.7 Å². The Labute approximate surface area is 138 Å². The Hall–Kier alpha value is -1.31. The summed E-state index contributed by atoms with van der Waals surface area (Å²) in [6.45, 7) is 2.64. The van der Waals surface area contributed by atoms with E-state index >= 15 is 0 Å². The first-order valence-corrected chi connectivity index (χ1v) is 9.57. The van der Waals surface area contributed by atoms with Gasteiger partial charge in [-0.05, 0) is 30.5 Å². The summed E-state index contributed by atoms with van der Waals surface area (Å²) in [5.74, 6) is 1.41. The second kappa shape index (κ2) is 7.07. The van der Waals surface area contributed by atoms with Crippen LogP contribution in [0.15, 0.2) is 18.2 Å². The van der Waals surface area contributed by atoms with Gasteiger partial charge in [0.1, 0.15) is 13.2 Å². The average Bonchev–Trinajstić information content (AvgIpc) is 2.84. The zero-order valence-corrected chi connectivity index (χ0v) is 14.3. The summed E-state index contributed by atoms with van der Waals surface area (Å²) in [4.78, 5) is 0. The molecule has 2 aliphatic heterocycles. The van der Waals surface area contributed by atoms with Crippen LogP contribution in [-0.4, -0.2) is 50.4 Å². The summed E-state index contributed by atoms with van der Waals surface area (Å²) in [5.41, 5.74) is 0.898. The highest BCUT2D eigenvalue weighted by molar-refractivity contribution is 7.86. The molecule has 0 atom stereocenters. The van der Waals surface area contributed by atoms with Gasteiger partial charge in [-0.25, -0.2) is 0 Å². The summed E-state index contributed by atoms with van der Waals surface area (Å²) in [6.07, 6.45) is 4.10. The fourth-order valence-electron chi connectivity index (χ4n) is 2.99. The minimum atomic E-state index is -3.41. The van der Waals surface area contributed by atoms with Crippen LogP contribution in [0.25, 0.3) is 0 Å². The molecule has 1 fully saturated rings. The first-order chi connectivity index (χ1) is 11.1. The van der Waals surface area contributed by atoms with E-state index in [1.807, 2.05) is 18.2 Å². The van der Waals surface area contributed by atoms with E-state index in [1.165, 1.54) is 4.31 Å². The van der Waals surface area contributed by atoms with Crippen molar-refractivity contribution in [1.29, 1.82) is 0 Å². The van der Waals surface area contributed by atoms with Crippen molar-refractivity contribution in [3.8, 4) is 11.5 Å². The number of rotatable bonds is 4. The van der Waals surface area contributed by atoms with Gasteiger partial charge >= 0.3 is 0 Å². The minimum absolute atomic E-state index is 0.329. The largest absolute Gasteiger partial charge is 0.486 e. The van der Waals surface area contributed by atoms with E-state index in [4.69, 9.17) is 9.47 Å². The van der Waals surface area contributed by atoms with Gasteiger partial charge in [-0.15, -0.1) is 0 Å². The highest BCUT2D eigenvalue weighted by Crippen LogP contribution is 2.31. The fraction of sp³-hybridized carbons (Fsp3) is 0.625. The topological polar surface area (TPSA) is 59.1 Å². The Morgan fingerprint density at radius 3 is 2.39 bits per heavy atom. The second-order valence-corrected chi connectivity index (χ2v) is 8.09. The summed E-state index contributed by atoms with van der Waals surface area (Å²) in [5, 5.41) is 0. The normalized spacial score (nSPS) is 19.6. The monoisotopic (exact) mass is 340 g/mol. The van der Waals surface area contributed by atoms with Crippen LogP contribution in [0.2, 0.25) is 0 Å². The summed E-state index contributed by atoms with van der Waals surface area (Å²) >= 11 is 0. The van der Waals surface area contributed by atoms with Crippen LogP contribution in [0.5, 0.6) is 11.5 Å². The first kappa shape index (κ1) is 16.5. The number of benzene rings is 1. The zero-order chi connectivity index (χ0) is 16.3. The quantitative estimate of drug-likeness (QED) is 0.841. The van der Waals surface area contributed by atoms with Gasteiger partial charge in [0.15, 0.2) is 11.5 Å². The third-order valence-electron chi connectivity index (χ3n) is 4.30. The van der Waals surface area contributed by atoms with Crippen LogP contribution in [0.1, 0.15) is 31.2 Å². The van der Waals surface area contributed by atoms with Crippen LogP contribution in [0, 0.1) is 0 Å². The Balaban J connectivity index is 1.71. The highest BCUT2D eigenvalue weighted by Gasteiger charge is 2.27. The number of hydrogen-bond donors (Lipinski definition) is 0. The Bertz CT molecular complexity index is 639. The average molecular weight is 340 g/mol. The summed E-state index contributed by atoms with van der Waals surface area (Å²) in [7, 11) is -1.77. The summed E-state index contributed by atoms with van der Waals surface area (Å²) in [6, 6.07) is 5.60. The maximum atomic E-state index is 12.7. The molecule has 0 saturated carbocycles. The second-order valence-electron chi connectivity index (χ2n) is 6.06. The number of hydrogen-bond acceptors (Lipinski definition) is 4. The van der Waals surface area contributed by atoms with E-state index in [2.05, 4.69) is 0 Å². The molecule has 0 bridgehead atoms. The molecule has 0 amide bonds. The Morgan fingerprint density at radius 2 is 1.70 bits per heavy atom. The molecular formula is C16H24N2O4S. The molecule has 0 aliphatic carbocycles. The fourth-order valence-corrected chi connectivity index (χ4v) is 4.42. The van der Waals surface area contributed by atoms with E-state index < -0.39 is 10.2 Å². The van der Waals surface area contributed by atoms with Gasteiger partial charge in [0.05, 0.1) is 0 Å². The van der Waals surface area contributed by atoms with Crippen LogP contribution < -0.4 is 9.47 Å². The van der Waals surface area contributed by atoms with Gasteiger partial charge in [-0.3, -0.25) is 0 Å². The van der Waals surface area contributed by atoms with Gasteiger partial charge in [-0.2, -0.15) is 17.0 Å². The van der Waals surface area contributed by atoms with Crippen LogP contribution >= 0.6 is 0 Å². The Morgan fingerprint density at radius 1 is 1.04 bits per heavy atom. The lowest BCUT2D eigenvalue weighted by Gasteiger charge is -2.27. The number of nitrogens with zero attached hydrogens (tertiary/aromatic N) is 2. The SMILES string of the molecule is CN(Cc1ccc2c(c1)OCCO2)S(=O)(=O)N1CCCCCC1. The van der Waals surface area contributed by atoms with Crippen molar-refractivity contribution >= 4 is 10.2 Å². The van der Waals surface area contributed by atoms with E-state index in [0.29, 0.717) is 38.6 Å². The first-order valence-electron chi connectivity index (χ1n) is 8.17. The third-order valence-corrected chi connectivity index (χ3v) is 6.23. The van der Waals surface area contributed by atoms with Crippen LogP contribution in [0.4, 0.5) is 0 Å². The number of fused-ring (bicyclic) bond motifs is 1. The van der Waals surface area contributed by atoms with Gasteiger partial charge < -0.3 is 9.47 Å². The molecule has 1 aromatic rings. The van der Waals surface area contributed by atoms with E-state index in [-0.39, 0.29) is 0 Å². The van der Waals surface area contributed by atoms with E-state index in [0.717, 1.165) is 37.0 Å². The molecule has 0 unspecified atom stereocenters. The van der Waals surface area contributed by atoms with Gasteiger partial charge in [0.2, 0.25) is 0 Å². The molecule has 3 rings (SSSR count). The molecule has 1 aromatic carbocycles. The molecule has 2 heterocycles. The standard InChI is InChI=1S/C16H24N2O4S/c1-17(23(19,20)18-8-4-2-3-5-9-18)13-14-6-7-15-16(12-14)22-11-10-21-15/h6-7,12H,2-5,8-11,13H2,1H3. The van der Waals surface area contributed by atoms with Crippen LogP contribution in [-0.2, 0) is 16.8 Å². The predicted molar refractivity (Wildman–Crippen MR) is 87.9 cm³/mol. The molecule has 0 N–H and O–H groups in total. The molecule has 0 radical (unpaired) electrons. The van der Waals surface area contributed by atoms with Crippen LogP contribution in [0.3, 0.4) is 0 Å². The highest BCUT2D eigenvalue weighted by atomic mass is 32.2. The molecule has 128 valence electrons. The van der Waals surface area contributed by atoms with Gasteiger partial charge in [0.25, 0.3) is 10.2 Å². The predicted octanol–water partition coefficient (Wildman–Crippen LogP) is 2.01. The smallest absolute Gasteiger partial charge is 0.282 e. The van der Waals surface area contributed by atoms with Crippen molar-refractivity contribution in [3.05, 3.63) is 23.8 Å². The lowest BCUT2D eigenvalue weighted by Crippen LogP contribution is -2.42.